The number of hydrogen-bond acceptors (Lipinski definition) is 1. The molecule has 1 heterocycles. The summed E-state index contributed by atoms with van der Waals surface area (Å²) in [5.74, 6) is 0. The Morgan fingerprint density at radius 3 is 2.58 bits per heavy atom. The van der Waals surface area contributed by atoms with E-state index in [1.807, 2.05) is 13.0 Å². The lowest BCUT2D eigenvalue weighted by Crippen LogP contribution is -1.99. The Kier molecular flexibility index (Phi) is 1.48. The second kappa shape index (κ2) is 2.38. The first-order valence-corrected chi connectivity index (χ1v) is 3.93. The lowest BCUT2D eigenvalue weighted by Gasteiger charge is -1.95. The molecule has 1 aromatic carbocycles. The molecule has 0 fully saturated rings. The van der Waals surface area contributed by atoms with Gasteiger partial charge in [0.25, 0.3) is 0 Å². The van der Waals surface area contributed by atoms with Crippen LogP contribution in [0.25, 0.3) is 11.0 Å². The molecule has 0 aliphatic heterocycles. The number of H-pyrrole nitrogens is 2. The van der Waals surface area contributed by atoms with E-state index in [0.29, 0.717) is 10.5 Å². The first-order valence-electron chi connectivity index (χ1n) is 3.55. The maximum absolute atomic E-state index is 10.9. The number of rotatable bonds is 0. The number of hydrogen-bond donors (Lipinski definition) is 2. The van der Waals surface area contributed by atoms with E-state index in [1.54, 1.807) is 6.07 Å². The predicted octanol–water partition coefficient (Wildman–Crippen LogP) is 1.82. The highest BCUT2D eigenvalue weighted by Crippen LogP contribution is 2.21. The van der Waals surface area contributed by atoms with Gasteiger partial charge in [-0.15, -0.1) is 0 Å². The Balaban J connectivity index is 3.03. The quantitative estimate of drug-likeness (QED) is 0.642. The van der Waals surface area contributed by atoms with Crippen molar-refractivity contribution in [2.45, 2.75) is 6.92 Å². The Hall–Kier alpha value is -1.22. The minimum atomic E-state index is -0.221. The molecule has 3 nitrogen and oxygen atoms in total. The van der Waals surface area contributed by atoms with Gasteiger partial charge in [0, 0.05) is 0 Å². The summed E-state index contributed by atoms with van der Waals surface area (Å²) in [6.07, 6.45) is 0. The van der Waals surface area contributed by atoms with Crippen molar-refractivity contribution in [3.8, 4) is 0 Å². The summed E-state index contributed by atoms with van der Waals surface area (Å²) in [5.41, 5.74) is 2.25. The van der Waals surface area contributed by atoms with Crippen molar-refractivity contribution in [1.29, 1.82) is 0 Å². The molecule has 0 bridgehead atoms. The van der Waals surface area contributed by atoms with Gasteiger partial charge in [-0.25, -0.2) is 4.79 Å². The number of aromatic amines is 2. The highest BCUT2D eigenvalue weighted by molar-refractivity contribution is 6.35. The molecule has 4 heteroatoms. The second-order valence-corrected chi connectivity index (χ2v) is 3.10. The number of fused-ring (bicyclic) bond motifs is 1. The normalized spacial score (nSPS) is 10.8. The molecule has 0 aliphatic rings. The molecule has 2 N–H and O–H groups in total. The van der Waals surface area contributed by atoms with Crippen molar-refractivity contribution in [2.24, 2.45) is 0 Å². The monoisotopic (exact) mass is 182 g/mol. The third-order valence-corrected chi connectivity index (χ3v) is 2.15. The minimum Gasteiger partial charge on any atom is -0.305 e. The van der Waals surface area contributed by atoms with Crippen molar-refractivity contribution in [3.05, 3.63) is 33.2 Å². The van der Waals surface area contributed by atoms with Gasteiger partial charge in [-0.2, -0.15) is 0 Å². The van der Waals surface area contributed by atoms with Crippen molar-refractivity contribution >= 4 is 22.6 Å². The fraction of sp³-hybridized carbons (Fsp3) is 0.125. The Bertz CT molecular complexity index is 441. The molecule has 0 saturated carbocycles. The van der Waals surface area contributed by atoms with Crippen LogP contribution in [0.5, 0.6) is 0 Å². The van der Waals surface area contributed by atoms with Crippen LogP contribution in [0.4, 0.5) is 0 Å². The van der Waals surface area contributed by atoms with Crippen LogP contribution in [-0.2, 0) is 0 Å². The van der Waals surface area contributed by atoms with Crippen LogP contribution >= 0.6 is 11.6 Å². The first kappa shape index (κ1) is 7.43. The zero-order chi connectivity index (χ0) is 8.72. The van der Waals surface area contributed by atoms with Crippen LogP contribution in [0.2, 0.25) is 5.02 Å². The van der Waals surface area contributed by atoms with Gasteiger partial charge in [0.2, 0.25) is 0 Å². The lowest BCUT2D eigenvalue weighted by atomic mass is 10.2. The highest BCUT2D eigenvalue weighted by Gasteiger charge is 2.03. The van der Waals surface area contributed by atoms with Gasteiger partial charge < -0.3 is 9.97 Å². The van der Waals surface area contributed by atoms with E-state index in [4.69, 9.17) is 11.6 Å². The maximum Gasteiger partial charge on any atom is 0.323 e. The van der Waals surface area contributed by atoms with Gasteiger partial charge in [0.15, 0.2) is 0 Å². The zero-order valence-corrected chi connectivity index (χ0v) is 7.20. The Morgan fingerprint density at radius 1 is 1.25 bits per heavy atom. The molecular formula is C8H7ClN2O. The number of imidazole rings is 1. The number of nitrogens with one attached hydrogen (secondary N) is 2. The topological polar surface area (TPSA) is 48.6 Å². The number of benzene rings is 1. The smallest absolute Gasteiger partial charge is 0.305 e. The average Bonchev–Trinajstić information content (AvgIpc) is 2.41. The van der Waals surface area contributed by atoms with Crippen LogP contribution in [0.3, 0.4) is 0 Å². The van der Waals surface area contributed by atoms with Gasteiger partial charge in [-0.1, -0.05) is 17.7 Å². The average molecular weight is 183 g/mol. The fourth-order valence-corrected chi connectivity index (χ4v) is 1.43. The highest BCUT2D eigenvalue weighted by atomic mass is 35.5. The van der Waals surface area contributed by atoms with Crippen molar-refractivity contribution in [3.63, 3.8) is 0 Å². The van der Waals surface area contributed by atoms with Crippen LogP contribution in [0.15, 0.2) is 16.9 Å². The van der Waals surface area contributed by atoms with E-state index in [-0.39, 0.29) is 5.69 Å². The fourth-order valence-electron chi connectivity index (χ4n) is 1.22. The molecule has 0 saturated heterocycles. The van der Waals surface area contributed by atoms with E-state index in [2.05, 4.69) is 9.97 Å². The molecular weight excluding hydrogens is 176 g/mol. The molecule has 0 atom stereocenters. The molecule has 0 unspecified atom stereocenters. The molecule has 1 aromatic heterocycles. The third kappa shape index (κ3) is 0.940. The molecule has 2 aromatic rings. The third-order valence-electron chi connectivity index (χ3n) is 1.84. The summed E-state index contributed by atoms with van der Waals surface area (Å²) in [6.45, 7) is 1.92. The van der Waals surface area contributed by atoms with Crippen LogP contribution in [-0.4, -0.2) is 9.97 Å². The minimum absolute atomic E-state index is 0.221. The van der Waals surface area contributed by atoms with Crippen molar-refractivity contribution in [2.75, 3.05) is 0 Å². The zero-order valence-electron chi connectivity index (χ0n) is 6.44. The molecule has 12 heavy (non-hydrogen) atoms. The van der Waals surface area contributed by atoms with Crippen molar-refractivity contribution < 1.29 is 0 Å². The summed E-state index contributed by atoms with van der Waals surface area (Å²) in [5, 5.41) is 0.564. The summed E-state index contributed by atoms with van der Waals surface area (Å²) in [6, 6.07) is 3.64. The molecule has 0 aliphatic carbocycles. The second-order valence-electron chi connectivity index (χ2n) is 2.69. The van der Waals surface area contributed by atoms with Gasteiger partial charge in [0.05, 0.1) is 16.1 Å². The van der Waals surface area contributed by atoms with Crippen LogP contribution < -0.4 is 5.69 Å². The van der Waals surface area contributed by atoms with E-state index in [1.165, 1.54) is 0 Å². The van der Waals surface area contributed by atoms with Crippen LogP contribution in [0.1, 0.15) is 5.56 Å². The number of aryl methyl sites for hydroxylation is 1. The largest absolute Gasteiger partial charge is 0.323 e. The lowest BCUT2D eigenvalue weighted by molar-refractivity contribution is 1.21. The molecule has 2 rings (SSSR count). The predicted molar refractivity (Wildman–Crippen MR) is 48.7 cm³/mol. The molecule has 0 spiro atoms. The first-order chi connectivity index (χ1) is 5.68. The van der Waals surface area contributed by atoms with Crippen molar-refractivity contribution in [1.82, 2.24) is 9.97 Å². The summed E-state index contributed by atoms with van der Waals surface area (Å²) in [4.78, 5) is 16.2. The molecule has 0 radical (unpaired) electrons. The van der Waals surface area contributed by atoms with Crippen LogP contribution in [0, 0.1) is 6.92 Å². The molecule has 62 valence electrons. The Labute approximate surface area is 73.4 Å². The van der Waals surface area contributed by atoms with Gasteiger partial charge in [-0.3, -0.25) is 0 Å². The summed E-state index contributed by atoms with van der Waals surface area (Å²) >= 11 is 5.85. The van der Waals surface area contributed by atoms with Gasteiger partial charge >= 0.3 is 5.69 Å². The van der Waals surface area contributed by atoms with Gasteiger partial charge in [-0.05, 0) is 18.6 Å². The standard InChI is InChI=1S/C8H7ClN2O/c1-4-2-3-5(9)7-6(4)10-8(12)11-7/h2-3H,1H3,(H2,10,11,12). The Morgan fingerprint density at radius 2 is 1.92 bits per heavy atom. The van der Waals surface area contributed by atoms with Gasteiger partial charge in [0.1, 0.15) is 0 Å². The summed E-state index contributed by atoms with van der Waals surface area (Å²) in [7, 11) is 0. The van der Waals surface area contributed by atoms with E-state index in [0.717, 1.165) is 11.1 Å². The van der Waals surface area contributed by atoms with E-state index in [9.17, 15) is 4.79 Å². The number of aromatic nitrogens is 2. The SMILES string of the molecule is Cc1ccc(Cl)c2[nH]c(=O)[nH]c12. The summed E-state index contributed by atoms with van der Waals surface area (Å²) < 4.78 is 0. The van der Waals surface area contributed by atoms with E-state index >= 15 is 0 Å². The molecule has 0 amide bonds. The maximum atomic E-state index is 10.9. The number of halogens is 1. The van der Waals surface area contributed by atoms with E-state index < -0.39 is 0 Å².